The smallest absolute Gasteiger partial charge is 0.344 e. The number of benzene rings is 1. The molecule has 19 heavy (non-hydrogen) atoms. The summed E-state index contributed by atoms with van der Waals surface area (Å²) in [7, 11) is -3.75. The van der Waals surface area contributed by atoms with Crippen molar-refractivity contribution in [2.75, 3.05) is 11.3 Å². The van der Waals surface area contributed by atoms with Crippen molar-refractivity contribution in [3.63, 3.8) is 0 Å². The highest BCUT2D eigenvalue weighted by Crippen LogP contribution is 2.31. The molecule has 0 saturated heterocycles. The highest BCUT2D eigenvalue weighted by atomic mass is 32.2. The van der Waals surface area contributed by atoms with Gasteiger partial charge in [-0.15, -0.1) is 4.40 Å². The van der Waals surface area contributed by atoms with Crippen molar-refractivity contribution in [3.05, 3.63) is 23.8 Å². The van der Waals surface area contributed by atoms with Crippen molar-refractivity contribution in [2.45, 2.75) is 20.8 Å². The molecule has 1 aliphatic rings. The molecule has 104 valence electrons. The number of hydrogen-bond acceptors (Lipinski definition) is 4. The van der Waals surface area contributed by atoms with Gasteiger partial charge in [0.2, 0.25) is 0 Å². The first-order chi connectivity index (χ1) is 8.68. The predicted octanol–water partition coefficient (Wildman–Crippen LogP) is 1.49. The van der Waals surface area contributed by atoms with Crippen LogP contribution < -0.4 is 15.2 Å². The number of ether oxygens (including phenoxy) is 1. The number of hydrogen-bond donors (Lipinski definition) is 2. The SMILES string of the molecule is CC(C)(C)COc1cccc2c1C(N)=NS(=O)(=O)N2. The van der Waals surface area contributed by atoms with E-state index in [0.29, 0.717) is 23.6 Å². The molecule has 0 aliphatic carbocycles. The summed E-state index contributed by atoms with van der Waals surface area (Å²) < 4.78 is 34.3. The van der Waals surface area contributed by atoms with E-state index in [9.17, 15) is 8.42 Å². The average Bonchev–Trinajstić information content (AvgIpc) is 2.22. The molecule has 0 aromatic heterocycles. The normalized spacial score (nSPS) is 17.1. The first-order valence-electron chi connectivity index (χ1n) is 5.82. The Morgan fingerprint density at radius 2 is 2.05 bits per heavy atom. The summed E-state index contributed by atoms with van der Waals surface area (Å²) in [6.45, 7) is 6.62. The van der Waals surface area contributed by atoms with Crippen LogP contribution in [0.1, 0.15) is 26.3 Å². The Kier molecular flexibility index (Phi) is 3.17. The van der Waals surface area contributed by atoms with Crippen LogP contribution >= 0.6 is 0 Å². The average molecular weight is 283 g/mol. The first kappa shape index (κ1) is 13.7. The van der Waals surface area contributed by atoms with Gasteiger partial charge in [0.1, 0.15) is 5.75 Å². The monoisotopic (exact) mass is 283 g/mol. The van der Waals surface area contributed by atoms with Crippen LogP contribution in [0.2, 0.25) is 0 Å². The van der Waals surface area contributed by atoms with Gasteiger partial charge >= 0.3 is 10.2 Å². The molecule has 1 aromatic rings. The third kappa shape index (κ3) is 3.17. The first-order valence-corrected chi connectivity index (χ1v) is 7.26. The Labute approximate surface area is 112 Å². The Bertz CT molecular complexity index is 630. The minimum atomic E-state index is -3.75. The zero-order valence-electron chi connectivity index (χ0n) is 11.1. The Hall–Kier alpha value is -1.76. The van der Waals surface area contributed by atoms with Crippen molar-refractivity contribution < 1.29 is 13.2 Å². The highest BCUT2D eigenvalue weighted by Gasteiger charge is 2.24. The molecular weight excluding hydrogens is 266 g/mol. The van der Waals surface area contributed by atoms with Crippen LogP contribution in [-0.4, -0.2) is 20.9 Å². The largest absolute Gasteiger partial charge is 0.492 e. The zero-order valence-corrected chi connectivity index (χ0v) is 11.9. The molecule has 0 spiro atoms. The van der Waals surface area contributed by atoms with E-state index < -0.39 is 10.2 Å². The lowest BCUT2D eigenvalue weighted by Crippen LogP contribution is -2.27. The van der Waals surface area contributed by atoms with Gasteiger partial charge in [0.25, 0.3) is 0 Å². The Balaban J connectivity index is 2.40. The number of nitrogens with zero attached hydrogens (tertiary/aromatic N) is 1. The molecule has 3 N–H and O–H groups in total. The molecule has 1 aliphatic heterocycles. The van der Waals surface area contributed by atoms with Crippen molar-refractivity contribution >= 4 is 21.7 Å². The van der Waals surface area contributed by atoms with E-state index in [-0.39, 0.29) is 11.3 Å². The van der Waals surface area contributed by atoms with Crippen LogP contribution in [0.25, 0.3) is 0 Å². The van der Waals surface area contributed by atoms with E-state index in [1.54, 1.807) is 18.2 Å². The summed E-state index contributed by atoms with van der Waals surface area (Å²) in [4.78, 5) is 0. The molecule has 0 fully saturated rings. The number of anilines is 1. The van der Waals surface area contributed by atoms with Crippen LogP contribution in [0.5, 0.6) is 5.75 Å². The lowest BCUT2D eigenvalue weighted by atomic mass is 9.98. The van der Waals surface area contributed by atoms with Crippen LogP contribution in [0.4, 0.5) is 5.69 Å². The van der Waals surface area contributed by atoms with Crippen molar-refractivity contribution in [1.82, 2.24) is 0 Å². The van der Waals surface area contributed by atoms with Gasteiger partial charge < -0.3 is 10.5 Å². The zero-order chi connectivity index (χ0) is 14.3. The van der Waals surface area contributed by atoms with Gasteiger partial charge in [0.05, 0.1) is 17.9 Å². The number of nitrogens with two attached hydrogens (primary N) is 1. The summed E-state index contributed by atoms with van der Waals surface area (Å²) in [6.07, 6.45) is 0. The van der Waals surface area contributed by atoms with Gasteiger partial charge in [0.15, 0.2) is 5.84 Å². The van der Waals surface area contributed by atoms with Gasteiger partial charge in [-0.05, 0) is 17.5 Å². The van der Waals surface area contributed by atoms with E-state index in [2.05, 4.69) is 9.12 Å². The maximum absolute atomic E-state index is 11.4. The van der Waals surface area contributed by atoms with E-state index in [4.69, 9.17) is 10.5 Å². The molecule has 0 saturated carbocycles. The van der Waals surface area contributed by atoms with Crippen molar-refractivity contribution in [2.24, 2.45) is 15.5 Å². The quantitative estimate of drug-likeness (QED) is 0.859. The molecule has 6 nitrogen and oxygen atoms in total. The Morgan fingerprint density at radius 1 is 1.37 bits per heavy atom. The highest BCUT2D eigenvalue weighted by molar-refractivity contribution is 7.91. The van der Waals surface area contributed by atoms with Gasteiger partial charge in [-0.3, -0.25) is 4.72 Å². The molecule has 1 heterocycles. The standard InChI is InChI=1S/C12H17N3O3S/c1-12(2,3)7-18-9-6-4-5-8-10(9)11(13)15-19(16,17)14-8/h4-6,14H,7H2,1-3H3,(H2,13,15). The predicted molar refractivity (Wildman–Crippen MR) is 74.7 cm³/mol. The molecule has 0 amide bonds. The molecule has 0 radical (unpaired) electrons. The van der Waals surface area contributed by atoms with Crippen molar-refractivity contribution in [3.8, 4) is 5.75 Å². The summed E-state index contributed by atoms with van der Waals surface area (Å²) in [5.74, 6) is 0.467. The summed E-state index contributed by atoms with van der Waals surface area (Å²) in [5, 5.41) is 0. The number of nitrogens with one attached hydrogen (secondary N) is 1. The minimum absolute atomic E-state index is 0.0111. The fourth-order valence-corrected chi connectivity index (χ4v) is 2.48. The van der Waals surface area contributed by atoms with E-state index >= 15 is 0 Å². The number of amidine groups is 1. The maximum atomic E-state index is 11.4. The molecule has 1 aromatic carbocycles. The van der Waals surface area contributed by atoms with Gasteiger partial charge in [-0.25, -0.2) is 0 Å². The second-order valence-electron chi connectivity index (χ2n) is 5.58. The van der Waals surface area contributed by atoms with Gasteiger partial charge in [-0.1, -0.05) is 26.8 Å². The Morgan fingerprint density at radius 3 is 2.68 bits per heavy atom. The second-order valence-corrected chi connectivity index (χ2v) is 6.92. The summed E-state index contributed by atoms with van der Waals surface area (Å²) in [6, 6.07) is 5.07. The second kappa shape index (κ2) is 4.41. The van der Waals surface area contributed by atoms with E-state index in [0.717, 1.165) is 0 Å². The van der Waals surface area contributed by atoms with Gasteiger partial charge in [0, 0.05) is 0 Å². The summed E-state index contributed by atoms with van der Waals surface area (Å²) >= 11 is 0. The third-order valence-corrected chi connectivity index (χ3v) is 3.32. The maximum Gasteiger partial charge on any atom is 0.344 e. The van der Waals surface area contributed by atoms with Crippen LogP contribution in [0.3, 0.4) is 0 Å². The van der Waals surface area contributed by atoms with Gasteiger partial charge in [-0.2, -0.15) is 8.42 Å². The topological polar surface area (TPSA) is 93.8 Å². The van der Waals surface area contributed by atoms with E-state index in [1.807, 2.05) is 20.8 Å². The molecule has 0 unspecified atom stereocenters. The van der Waals surface area contributed by atoms with Crippen LogP contribution in [0, 0.1) is 5.41 Å². The molecule has 7 heteroatoms. The molecule has 0 atom stereocenters. The van der Waals surface area contributed by atoms with Crippen LogP contribution in [-0.2, 0) is 10.2 Å². The minimum Gasteiger partial charge on any atom is -0.492 e. The number of rotatable bonds is 2. The molecule has 2 rings (SSSR count). The third-order valence-electron chi connectivity index (χ3n) is 2.40. The lowest BCUT2D eigenvalue weighted by molar-refractivity contribution is 0.197. The van der Waals surface area contributed by atoms with E-state index in [1.165, 1.54) is 0 Å². The summed E-state index contributed by atoms with van der Waals surface area (Å²) in [5.41, 5.74) is 6.58. The fourth-order valence-electron chi connectivity index (χ4n) is 1.63. The number of fused-ring (bicyclic) bond motifs is 1. The fraction of sp³-hybridized carbons (Fsp3) is 0.417. The van der Waals surface area contributed by atoms with Crippen LogP contribution in [0.15, 0.2) is 22.6 Å². The lowest BCUT2D eigenvalue weighted by Gasteiger charge is -2.23. The molecule has 0 bridgehead atoms. The molecular formula is C12H17N3O3S. The van der Waals surface area contributed by atoms with Crippen molar-refractivity contribution in [1.29, 1.82) is 0 Å².